The van der Waals surface area contributed by atoms with Gasteiger partial charge in [0.2, 0.25) is 5.91 Å². The Morgan fingerprint density at radius 2 is 2.00 bits per heavy atom. The van der Waals surface area contributed by atoms with Crippen LogP contribution in [0.15, 0.2) is 23.9 Å². The second-order valence-electron chi connectivity index (χ2n) is 7.94. The minimum absolute atomic E-state index is 0.123. The summed E-state index contributed by atoms with van der Waals surface area (Å²) in [6.45, 7) is 11.9. The summed E-state index contributed by atoms with van der Waals surface area (Å²) in [6.07, 6.45) is 6.36. The Morgan fingerprint density at radius 3 is 2.60 bits per heavy atom. The van der Waals surface area contributed by atoms with Gasteiger partial charge in [-0.1, -0.05) is 18.2 Å². The molecular weight excluding hydrogens is 319 g/mol. The molecule has 3 heterocycles. The first-order chi connectivity index (χ1) is 11.7. The Morgan fingerprint density at radius 1 is 1.32 bits per heavy atom. The Balaban J connectivity index is 1.63. The molecule has 25 heavy (non-hydrogen) atoms. The van der Waals surface area contributed by atoms with Crippen molar-refractivity contribution in [2.24, 2.45) is 5.92 Å². The molecule has 0 radical (unpaired) electrons. The molecule has 1 amide bonds. The molecule has 1 aromatic heterocycles. The number of hydrogen-bond donors (Lipinski definition) is 0. The first kappa shape index (κ1) is 18.1. The van der Waals surface area contributed by atoms with E-state index in [2.05, 4.69) is 16.4 Å². The summed E-state index contributed by atoms with van der Waals surface area (Å²) in [7, 11) is -0.383. The van der Waals surface area contributed by atoms with E-state index in [1.807, 2.05) is 39.5 Å². The van der Waals surface area contributed by atoms with Crippen LogP contribution in [0.25, 0.3) is 0 Å². The molecule has 1 aromatic rings. The summed E-state index contributed by atoms with van der Waals surface area (Å²) in [4.78, 5) is 14.7. The standard InChI is InChI=1S/C17H27BN4O3/c1-13(11-22-10-8-19-20-22)15(23)21-9-6-7-14(12-21)18-24-16(2,3)17(4,5)25-18/h7-8,10,13H,6,9,11-12H2,1-5H3. The molecule has 0 saturated carbocycles. The van der Waals surface area contributed by atoms with Crippen LogP contribution in [0.2, 0.25) is 0 Å². The zero-order valence-electron chi connectivity index (χ0n) is 15.7. The van der Waals surface area contributed by atoms with Gasteiger partial charge < -0.3 is 14.2 Å². The highest BCUT2D eigenvalue weighted by Crippen LogP contribution is 2.39. The molecule has 1 atom stereocenters. The van der Waals surface area contributed by atoms with E-state index in [1.165, 1.54) is 0 Å². The molecule has 7 nitrogen and oxygen atoms in total. The molecule has 0 aliphatic carbocycles. The van der Waals surface area contributed by atoms with Crippen molar-refractivity contribution in [1.82, 2.24) is 19.9 Å². The molecule has 136 valence electrons. The molecule has 2 aliphatic rings. The van der Waals surface area contributed by atoms with Crippen molar-refractivity contribution in [1.29, 1.82) is 0 Å². The number of aromatic nitrogens is 3. The SMILES string of the molecule is CC(Cn1ccnn1)C(=O)N1CCC=C(B2OC(C)(C)C(C)(C)O2)C1. The highest BCUT2D eigenvalue weighted by Gasteiger charge is 2.52. The van der Waals surface area contributed by atoms with Gasteiger partial charge in [0.25, 0.3) is 0 Å². The van der Waals surface area contributed by atoms with Gasteiger partial charge in [0, 0.05) is 19.3 Å². The van der Waals surface area contributed by atoms with Gasteiger partial charge in [0.05, 0.1) is 29.9 Å². The van der Waals surface area contributed by atoms with Crippen molar-refractivity contribution < 1.29 is 14.1 Å². The highest BCUT2D eigenvalue weighted by atomic mass is 16.7. The third kappa shape index (κ3) is 3.65. The number of rotatable bonds is 4. The van der Waals surface area contributed by atoms with E-state index < -0.39 is 0 Å². The third-order valence-electron chi connectivity index (χ3n) is 5.40. The minimum atomic E-state index is -0.383. The molecule has 2 aliphatic heterocycles. The van der Waals surface area contributed by atoms with Crippen LogP contribution in [0.1, 0.15) is 41.0 Å². The summed E-state index contributed by atoms with van der Waals surface area (Å²) in [5.74, 6) is -0.0306. The van der Waals surface area contributed by atoms with Crippen molar-refractivity contribution in [2.45, 2.75) is 58.8 Å². The number of carbonyl (C=O) groups excluding carboxylic acids is 1. The predicted octanol–water partition coefficient (Wildman–Crippen LogP) is 1.70. The Kier molecular flexibility index (Phi) is 4.77. The van der Waals surface area contributed by atoms with E-state index in [0.29, 0.717) is 13.1 Å². The second-order valence-corrected chi connectivity index (χ2v) is 7.94. The number of carbonyl (C=O) groups is 1. The number of hydrogen-bond acceptors (Lipinski definition) is 5. The van der Waals surface area contributed by atoms with Gasteiger partial charge in [0.1, 0.15) is 0 Å². The summed E-state index contributed by atoms with van der Waals surface area (Å²) < 4.78 is 13.9. The lowest BCUT2D eigenvalue weighted by atomic mass is 9.76. The lowest BCUT2D eigenvalue weighted by Crippen LogP contribution is -2.43. The van der Waals surface area contributed by atoms with Gasteiger partial charge >= 0.3 is 7.12 Å². The quantitative estimate of drug-likeness (QED) is 0.777. The van der Waals surface area contributed by atoms with Crippen molar-refractivity contribution in [3.8, 4) is 0 Å². The van der Waals surface area contributed by atoms with E-state index in [-0.39, 0.29) is 30.1 Å². The third-order valence-corrected chi connectivity index (χ3v) is 5.40. The van der Waals surface area contributed by atoms with Crippen molar-refractivity contribution in [3.63, 3.8) is 0 Å². The minimum Gasteiger partial charge on any atom is -0.400 e. The highest BCUT2D eigenvalue weighted by molar-refractivity contribution is 6.54. The van der Waals surface area contributed by atoms with Crippen molar-refractivity contribution in [3.05, 3.63) is 23.9 Å². The van der Waals surface area contributed by atoms with Crippen LogP contribution in [-0.2, 0) is 20.6 Å². The average molecular weight is 346 g/mol. The fourth-order valence-corrected chi connectivity index (χ4v) is 3.12. The van der Waals surface area contributed by atoms with Crippen LogP contribution < -0.4 is 0 Å². The van der Waals surface area contributed by atoms with Gasteiger partial charge in [-0.05, 0) is 39.6 Å². The summed E-state index contributed by atoms with van der Waals surface area (Å²) >= 11 is 0. The molecule has 3 rings (SSSR count). The van der Waals surface area contributed by atoms with Crippen LogP contribution in [0.5, 0.6) is 0 Å². The fraction of sp³-hybridized carbons (Fsp3) is 0.706. The zero-order valence-corrected chi connectivity index (χ0v) is 15.7. The summed E-state index contributed by atoms with van der Waals surface area (Å²) in [5.41, 5.74) is 0.294. The van der Waals surface area contributed by atoms with E-state index >= 15 is 0 Å². The maximum absolute atomic E-state index is 12.8. The maximum Gasteiger partial charge on any atom is 0.492 e. The smallest absolute Gasteiger partial charge is 0.400 e. The Bertz CT molecular complexity index is 641. The van der Waals surface area contributed by atoms with Crippen LogP contribution in [0, 0.1) is 5.92 Å². The van der Waals surface area contributed by atoms with Crippen LogP contribution in [-0.4, -0.2) is 57.2 Å². The van der Waals surface area contributed by atoms with Gasteiger partial charge in [0.15, 0.2) is 0 Å². The van der Waals surface area contributed by atoms with Gasteiger partial charge in [-0.25, -0.2) is 0 Å². The van der Waals surface area contributed by atoms with E-state index in [1.54, 1.807) is 17.1 Å². The summed E-state index contributed by atoms with van der Waals surface area (Å²) in [6, 6.07) is 0. The van der Waals surface area contributed by atoms with Gasteiger partial charge in [-0.2, -0.15) is 0 Å². The maximum atomic E-state index is 12.8. The zero-order chi connectivity index (χ0) is 18.2. The van der Waals surface area contributed by atoms with Crippen LogP contribution in [0.4, 0.5) is 0 Å². The van der Waals surface area contributed by atoms with Crippen LogP contribution in [0.3, 0.4) is 0 Å². The van der Waals surface area contributed by atoms with Gasteiger partial charge in [-0.3, -0.25) is 9.48 Å². The molecule has 1 fully saturated rings. The molecule has 0 aromatic carbocycles. The summed E-state index contributed by atoms with van der Waals surface area (Å²) in [5, 5.41) is 7.72. The lowest BCUT2D eigenvalue weighted by molar-refractivity contribution is -0.135. The van der Waals surface area contributed by atoms with Gasteiger partial charge in [-0.15, -0.1) is 5.10 Å². The molecule has 8 heteroatoms. The first-order valence-electron chi connectivity index (χ1n) is 8.87. The monoisotopic (exact) mass is 346 g/mol. The van der Waals surface area contributed by atoms with Crippen molar-refractivity contribution >= 4 is 13.0 Å². The van der Waals surface area contributed by atoms with E-state index in [9.17, 15) is 4.79 Å². The fourth-order valence-electron chi connectivity index (χ4n) is 3.12. The first-order valence-corrected chi connectivity index (χ1v) is 8.87. The van der Waals surface area contributed by atoms with E-state index in [4.69, 9.17) is 9.31 Å². The van der Waals surface area contributed by atoms with Crippen molar-refractivity contribution in [2.75, 3.05) is 13.1 Å². The number of nitrogens with zero attached hydrogens (tertiary/aromatic N) is 4. The van der Waals surface area contributed by atoms with Crippen LogP contribution >= 0.6 is 0 Å². The molecule has 0 N–H and O–H groups in total. The largest absolute Gasteiger partial charge is 0.492 e. The molecule has 0 spiro atoms. The normalized spacial score (nSPS) is 23.5. The Labute approximate surface area is 149 Å². The molecule has 1 saturated heterocycles. The second kappa shape index (κ2) is 6.57. The number of amides is 1. The molecule has 0 bridgehead atoms. The average Bonchev–Trinajstić information content (AvgIpc) is 3.13. The predicted molar refractivity (Wildman–Crippen MR) is 94.5 cm³/mol. The Hall–Kier alpha value is -1.67. The molecule has 1 unspecified atom stereocenters. The lowest BCUT2D eigenvalue weighted by Gasteiger charge is -2.32. The molecular formula is C17H27BN4O3. The topological polar surface area (TPSA) is 69.5 Å². The van der Waals surface area contributed by atoms with E-state index in [0.717, 1.165) is 18.4 Å².